The predicted octanol–water partition coefficient (Wildman–Crippen LogP) is 1.56. The molecule has 8 heavy (non-hydrogen) atoms. The zero-order valence-electron chi connectivity index (χ0n) is 4.23. The summed E-state index contributed by atoms with van der Waals surface area (Å²) in [5, 5.41) is -0.317. The molecule has 0 N–H and O–H groups in total. The molecule has 0 spiro atoms. The Morgan fingerprint density at radius 3 is 2.25 bits per heavy atom. The molecule has 0 radical (unpaired) electrons. The molecule has 1 fully saturated rings. The normalized spacial score (nSPS) is 38.5. The van der Waals surface area contributed by atoms with Crippen LogP contribution in [-0.2, 0) is 4.79 Å². The lowest BCUT2D eigenvalue weighted by molar-refractivity contribution is -0.117. The number of hydrogen-bond donors (Lipinski definition) is 0. The second-order valence-corrected chi connectivity index (χ2v) is 3.11. The summed E-state index contributed by atoms with van der Waals surface area (Å²) in [6.07, 6.45) is 1.09. The average Bonchev–Trinajstić information content (AvgIpc) is 1.85. The van der Waals surface area contributed by atoms with E-state index in [1.807, 2.05) is 0 Å². The Bertz CT molecular complexity index is 113. The molecule has 1 rings (SSSR count). The van der Waals surface area contributed by atoms with Gasteiger partial charge in [0.25, 0.3) is 0 Å². The van der Waals surface area contributed by atoms with Gasteiger partial charge in [0.15, 0.2) is 5.78 Å². The molecule has 0 heterocycles. The lowest BCUT2D eigenvalue weighted by Gasteiger charge is -1.90. The van der Waals surface area contributed by atoms with E-state index >= 15 is 0 Å². The van der Waals surface area contributed by atoms with Gasteiger partial charge >= 0.3 is 0 Å². The van der Waals surface area contributed by atoms with Gasteiger partial charge in [-0.2, -0.15) is 0 Å². The lowest BCUT2D eigenvalue weighted by Crippen LogP contribution is -2.02. The van der Waals surface area contributed by atoms with Crippen molar-refractivity contribution in [1.82, 2.24) is 0 Å². The van der Waals surface area contributed by atoms with Gasteiger partial charge in [-0.3, -0.25) is 4.79 Å². The van der Waals surface area contributed by atoms with Gasteiger partial charge in [0.2, 0.25) is 0 Å². The number of carbonyl (C=O) groups is 1. The maximum absolute atomic E-state index is 10.6. The largest absolute Gasteiger partial charge is 0.298 e. The summed E-state index contributed by atoms with van der Waals surface area (Å²) in [6, 6.07) is 0. The predicted molar refractivity (Wildman–Crippen MR) is 33.5 cm³/mol. The number of Topliss-reactive ketones (excluding diaryl/α,β-unsaturated/α-hetero) is 1. The first-order valence-corrected chi connectivity index (χ1v) is 3.38. The van der Waals surface area contributed by atoms with Crippen molar-refractivity contribution >= 4 is 29.0 Å². The number of ketones is 1. The first-order chi connectivity index (χ1) is 3.70. The van der Waals surface area contributed by atoms with E-state index in [0.717, 1.165) is 0 Å². The Hall–Kier alpha value is 0.250. The van der Waals surface area contributed by atoms with Crippen molar-refractivity contribution in [3.05, 3.63) is 0 Å². The smallest absolute Gasteiger partial charge is 0.152 e. The highest BCUT2D eigenvalue weighted by Gasteiger charge is 2.28. The zero-order valence-corrected chi connectivity index (χ0v) is 5.74. The third kappa shape index (κ3) is 1.15. The summed E-state index contributed by atoms with van der Waals surface area (Å²) in [7, 11) is 0. The van der Waals surface area contributed by atoms with Gasteiger partial charge in [-0.25, -0.2) is 0 Å². The summed E-state index contributed by atoms with van der Waals surface area (Å²) < 4.78 is 0. The number of hydrogen-bond acceptors (Lipinski definition) is 1. The molecule has 1 aliphatic carbocycles. The molecule has 0 aromatic heterocycles. The molecule has 0 aliphatic heterocycles. The fourth-order valence-corrected chi connectivity index (χ4v) is 1.51. The maximum Gasteiger partial charge on any atom is 0.152 e. The van der Waals surface area contributed by atoms with E-state index < -0.39 is 0 Å². The van der Waals surface area contributed by atoms with Crippen molar-refractivity contribution in [2.24, 2.45) is 0 Å². The van der Waals surface area contributed by atoms with Gasteiger partial charge in [-0.1, -0.05) is 0 Å². The molecule has 0 aromatic rings. The maximum atomic E-state index is 10.6. The Morgan fingerprint density at radius 1 is 1.50 bits per heavy atom. The van der Waals surface area contributed by atoms with E-state index in [4.69, 9.17) is 23.2 Å². The second kappa shape index (κ2) is 2.24. The van der Waals surface area contributed by atoms with Crippen LogP contribution in [0.4, 0.5) is 0 Å². The van der Waals surface area contributed by atoms with E-state index in [0.29, 0.717) is 12.8 Å². The second-order valence-electron chi connectivity index (χ2n) is 1.97. The lowest BCUT2D eigenvalue weighted by atomic mass is 10.3. The monoisotopic (exact) mass is 152 g/mol. The van der Waals surface area contributed by atoms with Gasteiger partial charge in [0.05, 0.1) is 5.38 Å². The summed E-state index contributed by atoms with van der Waals surface area (Å²) in [5.41, 5.74) is 0. The highest BCUT2D eigenvalue weighted by molar-refractivity contribution is 6.34. The molecule has 0 saturated heterocycles. The molecule has 2 atom stereocenters. The highest BCUT2D eigenvalue weighted by Crippen LogP contribution is 2.24. The number of alkyl halides is 2. The highest BCUT2D eigenvalue weighted by atomic mass is 35.5. The molecule has 1 nitrogen and oxygen atoms in total. The number of carbonyl (C=O) groups excluding carboxylic acids is 1. The number of rotatable bonds is 0. The molecule has 2 unspecified atom stereocenters. The minimum absolute atomic E-state index is 0.00926. The van der Waals surface area contributed by atoms with Gasteiger partial charge < -0.3 is 0 Å². The summed E-state index contributed by atoms with van der Waals surface area (Å²) >= 11 is 11.1. The van der Waals surface area contributed by atoms with E-state index in [1.165, 1.54) is 0 Å². The van der Waals surface area contributed by atoms with Gasteiger partial charge in [-0.05, 0) is 6.42 Å². The van der Waals surface area contributed by atoms with E-state index in [1.54, 1.807) is 0 Å². The third-order valence-electron chi connectivity index (χ3n) is 1.23. The van der Waals surface area contributed by atoms with Crippen LogP contribution < -0.4 is 0 Å². The van der Waals surface area contributed by atoms with Crippen LogP contribution in [0.15, 0.2) is 0 Å². The standard InChI is InChI=1S/C5H6Cl2O/c6-3-1-4(7)5(8)2-3/h3-4H,1-2H2. The van der Waals surface area contributed by atoms with Crippen molar-refractivity contribution in [1.29, 1.82) is 0 Å². The quantitative estimate of drug-likeness (QED) is 0.482. The van der Waals surface area contributed by atoms with Gasteiger partial charge in [0.1, 0.15) is 0 Å². The van der Waals surface area contributed by atoms with Gasteiger partial charge in [0, 0.05) is 11.8 Å². The van der Waals surface area contributed by atoms with Crippen molar-refractivity contribution in [3.8, 4) is 0 Å². The summed E-state index contributed by atoms with van der Waals surface area (Å²) in [5.74, 6) is 0.0895. The van der Waals surface area contributed by atoms with E-state index in [2.05, 4.69) is 0 Å². The van der Waals surface area contributed by atoms with Crippen molar-refractivity contribution < 1.29 is 4.79 Å². The van der Waals surface area contributed by atoms with Crippen LogP contribution in [0.5, 0.6) is 0 Å². The molecule has 0 aromatic carbocycles. The molecule has 46 valence electrons. The van der Waals surface area contributed by atoms with Crippen LogP contribution in [0.2, 0.25) is 0 Å². The SMILES string of the molecule is O=C1CC(Cl)CC1Cl. The van der Waals surface area contributed by atoms with Crippen molar-refractivity contribution in [2.75, 3.05) is 0 Å². The molecule has 0 bridgehead atoms. The molecule has 1 aliphatic rings. The molecular weight excluding hydrogens is 147 g/mol. The first kappa shape index (κ1) is 6.37. The van der Waals surface area contributed by atoms with Crippen molar-refractivity contribution in [3.63, 3.8) is 0 Å². The fraction of sp³-hybridized carbons (Fsp3) is 0.800. The summed E-state index contributed by atoms with van der Waals surface area (Å²) in [6.45, 7) is 0. The summed E-state index contributed by atoms with van der Waals surface area (Å²) in [4.78, 5) is 10.6. The fourth-order valence-electron chi connectivity index (χ4n) is 0.785. The molecule has 3 heteroatoms. The average molecular weight is 153 g/mol. The number of halogens is 2. The Labute approximate surface area is 58.0 Å². The van der Waals surface area contributed by atoms with E-state index in [-0.39, 0.29) is 16.5 Å². The zero-order chi connectivity index (χ0) is 6.15. The van der Waals surface area contributed by atoms with Crippen LogP contribution in [0.3, 0.4) is 0 Å². The molecular formula is C5H6Cl2O. The minimum Gasteiger partial charge on any atom is -0.298 e. The Morgan fingerprint density at radius 2 is 2.12 bits per heavy atom. The van der Waals surface area contributed by atoms with Crippen LogP contribution in [0, 0.1) is 0 Å². The topological polar surface area (TPSA) is 17.1 Å². The van der Waals surface area contributed by atoms with Crippen molar-refractivity contribution in [2.45, 2.75) is 23.6 Å². The molecule has 1 saturated carbocycles. The van der Waals surface area contributed by atoms with Crippen LogP contribution in [0.25, 0.3) is 0 Å². The van der Waals surface area contributed by atoms with Gasteiger partial charge in [-0.15, -0.1) is 23.2 Å². The van der Waals surface area contributed by atoms with Crippen LogP contribution >= 0.6 is 23.2 Å². The first-order valence-electron chi connectivity index (χ1n) is 2.51. The van der Waals surface area contributed by atoms with Crippen LogP contribution in [0.1, 0.15) is 12.8 Å². The molecule has 0 amide bonds. The Kier molecular flexibility index (Phi) is 1.78. The minimum atomic E-state index is -0.308. The van der Waals surface area contributed by atoms with E-state index in [9.17, 15) is 4.79 Å². The van der Waals surface area contributed by atoms with Crippen LogP contribution in [-0.4, -0.2) is 16.5 Å². The Balaban J connectivity index is 2.51. The third-order valence-corrected chi connectivity index (χ3v) is 1.99.